The summed E-state index contributed by atoms with van der Waals surface area (Å²) in [5.41, 5.74) is 10.5. The highest BCUT2D eigenvalue weighted by Crippen LogP contribution is 2.27. The normalized spacial score (nSPS) is 13.1. The van der Waals surface area contributed by atoms with E-state index in [0.29, 0.717) is 15.7 Å². The number of carbonyl (C=O) groups is 1. The smallest absolute Gasteiger partial charge is 0.256 e. The molecule has 3 nitrogen and oxygen atoms in total. The molecule has 0 aliphatic heterocycles. The van der Waals surface area contributed by atoms with Crippen LogP contribution in [0.5, 0.6) is 0 Å². The zero-order chi connectivity index (χ0) is 14.1. The zero-order valence-electron chi connectivity index (χ0n) is 10.9. The molecule has 1 amide bonds. The SMILES string of the molecule is Nc1cccc(C(=O)Nc2ccc3c(c2)CCC3)c1Br. The van der Waals surface area contributed by atoms with E-state index in [1.54, 1.807) is 18.2 Å². The molecule has 3 N–H and O–H groups in total. The standard InChI is InChI=1S/C16H15BrN2O/c17-15-13(5-2-6-14(15)18)16(20)19-12-8-7-10-3-1-4-11(10)9-12/h2,5-9H,1,3-4,18H2,(H,19,20). The number of halogens is 1. The van der Waals surface area contributed by atoms with E-state index >= 15 is 0 Å². The average Bonchev–Trinajstić information content (AvgIpc) is 2.89. The van der Waals surface area contributed by atoms with Gasteiger partial charge in [-0.3, -0.25) is 4.79 Å². The Morgan fingerprint density at radius 2 is 1.95 bits per heavy atom. The van der Waals surface area contributed by atoms with Gasteiger partial charge in [0.15, 0.2) is 0 Å². The van der Waals surface area contributed by atoms with E-state index in [4.69, 9.17) is 5.73 Å². The molecule has 0 aromatic heterocycles. The van der Waals surface area contributed by atoms with Gasteiger partial charge in [-0.05, 0) is 70.6 Å². The molecular formula is C16H15BrN2O. The number of hydrogen-bond acceptors (Lipinski definition) is 2. The lowest BCUT2D eigenvalue weighted by molar-refractivity contribution is 0.102. The second kappa shape index (κ2) is 5.29. The summed E-state index contributed by atoms with van der Waals surface area (Å²) in [5.74, 6) is -0.151. The van der Waals surface area contributed by atoms with Crippen LogP contribution in [0.3, 0.4) is 0 Å². The summed E-state index contributed by atoms with van der Waals surface area (Å²) in [4.78, 5) is 12.3. The molecule has 0 unspecified atom stereocenters. The van der Waals surface area contributed by atoms with Crippen molar-refractivity contribution in [2.75, 3.05) is 11.1 Å². The number of anilines is 2. The van der Waals surface area contributed by atoms with Gasteiger partial charge in [-0.25, -0.2) is 0 Å². The van der Waals surface area contributed by atoms with Crippen LogP contribution in [0.4, 0.5) is 11.4 Å². The lowest BCUT2D eigenvalue weighted by Crippen LogP contribution is -2.13. The van der Waals surface area contributed by atoms with Gasteiger partial charge in [0, 0.05) is 11.4 Å². The van der Waals surface area contributed by atoms with Gasteiger partial charge in [-0.15, -0.1) is 0 Å². The topological polar surface area (TPSA) is 55.1 Å². The Kier molecular flexibility index (Phi) is 3.49. The lowest BCUT2D eigenvalue weighted by Gasteiger charge is -2.09. The van der Waals surface area contributed by atoms with Gasteiger partial charge in [0.1, 0.15) is 0 Å². The molecule has 1 aliphatic rings. The third kappa shape index (κ3) is 2.43. The summed E-state index contributed by atoms with van der Waals surface area (Å²) in [6.45, 7) is 0. The van der Waals surface area contributed by atoms with E-state index in [-0.39, 0.29) is 5.91 Å². The van der Waals surface area contributed by atoms with E-state index in [1.165, 1.54) is 17.5 Å². The molecule has 1 aliphatic carbocycles. The molecule has 0 radical (unpaired) electrons. The highest BCUT2D eigenvalue weighted by molar-refractivity contribution is 9.10. The maximum atomic E-state index is 12.3. The molecule has 2 aromatic carbocycles. The van der Waals surface area contributed by atoms with Crippen molar-refractivity contribution >= 4 is 33.2 Å². The quantitative estimate of drug-likeness (QED) is 0.823. The van der Waals surface area contributed by atoms with Crippen molar-refractivity contribution < 1.29 is 4.79 Å². The number of nitrogens with two attached hydrogens (primary N) is 1. The molecule has 0 saturated heterocycles. The Morgan fingerprint density at radius 1 is 1.15 bits per heavy atom. The van der Waals surface area contributed by atoms with Crippen molar-refractivity contribution in [3.63, 3.8) is 0 Å². The van der Waals surface area contributed by atoms with Crippen molar-refractivity contribution in [2.45, 2.75) is 19.3 Å². The summed E-state index contributed by atoms with van der Waals surface area (Å²) < 4.78 is 0.638. The first-order valence-electron chi connectivity index (χ1n) is 6.62. The van der Waals surface area contributed by atoms with Gasteiger partial charge < -0.3 is 11.1 Å². The van der Waals surface area contributed by atoms with Crippen molar-refractivity contribution in [3.8, 4) is 0 Å². The van der Waals surface area contributed by atoms with Crippen molar-refractivity contribution in [1.82, 2.24) is 0 Å². The fraction of sp³-hybridized carbons (Fsp3) is 0.188. The second-order valence-electron chi connectivity index (χ2n) is 5.00. The maximum absolute atomic E-state index is 12.3. The number of hydrogen-bond donors (Lipinski definition) is 2. The monoisotopic (exact) mass is 330 g/mol. The van der Waals surface area contributed by atoms with Crippen LogP contribution in [0, 0.1) is 0 Å². The molecule has 0 fully saturated rings. The Morgan fingerprint density at radius 3 is 2.80 bits per heavy atom. The van der Waals surface area contributed by atoms with Gasteiger partial charge in [0.05, 0.1) is 10.0 Å². The number of amides is 1. The average molecular weight is 331 g/mol. The third-order valence-corrected chi connectivity index (χ3v) is 4.51. The van der Waals surface area contributed by atoms with Crippen LogP contribution < -0.4 is 11.1 Å². The van der Waals surface area contributed by atoms with E-state index in [1.807, 2.05) is 6.07 Å². The molecule has 0 saturated carbocycles. The second-order valence-corrected chi connectivity index (χ2v) is 5.79. The zero-order valence-corrected chi connectivity index (χ0v) is 12.5. The summed E-state index contributed by atoms with van der Waals surface area (Å²) in [7, 11) is 0. The Balaban J connectivity index is 1.84. The fourth-order valence-electron chi connectivity index (χ4n) is 2.57. The molecular weight excluding hydrogens is 316 g/mol. The third-order valence-electron chi connectivity index (χ3n) is 3.63. The van der Waals surface area contributed by atoms with Gasteiger partial charge in [-0.1, -0.05) is 12.1 Å². The molecule has 0 bridgehead atoms. The molecule has 0 heterocycles. The van der Waals surface area contributed by atoms with E-state index < -0.39 is 0 Å². The maximum Gasteiger partial charge on any atom is 0.256 e. The van der Waals surface area contributed by atoms with E-state index in [2.05, 4.69) is 33.4 Å². The molecule has 4 heteroatoms. The highest BCUT2D eigenvalue weighted by Gasteiger charge is 2.14. The van der Waals surface area contributed by atoms with Crippen LogP contribution in [-0.4, -0.2) is 5.91 Å². The Labute approximate surface area is 126 Å². The molecule has 0 atom stereocenters. The number of nitrogens with one attached hydrogen (secondary N) is 1. The first-order chi connectivity index (χ1) is 9.65. The first kappa shape index (κ1) is 13.2. The van der Waals surface area contributed by atoms with Crippen molar-refractivity contribution in [3.05, 3.63) is 57.6 Å². The summed E-state index contributed by atoms with van der Waals surface area (Å²) >= 11 is 3.36. The van der Waals surface area contributed by atoms with Crippen LogP contribution in [0.15, 0.2) is 40.9 Å². The minimum atomic E-state index is -0.151. The van der Waals surface area contributed by atoms with Crippen molar-refractivity contribution in [2.24, 2.45) is 0 Å². The van der Waals surface area contributed by atoms with Crippen LogP contribution in [0.1, 0.15) is 27.9 Å². The first-order valence-corrected chi connectivity index (χ1v) is 7.41. The van der Waals surface area contributed by atoms with Crippen LogP contribution in [0.2, 0.25) is 0 Å². The van der Waals surface area contributed by atoms with Crippen molar-refractivity contribution in [1.29, 1.82) is 0 Å². The minimum Gasteiger partial charge on any atom is -0.398 e. The van der Waals surface area contributed by atoms with Gasteiger partial charge >= 0.3 is 0 Å². The predicted molar refractivity (Wildman–Crippen MR) is 85.0 cm³/mol. The molecule has 3 rings (SSSR count). The fourth-order valence-corrected chi connectivity index (χ4v) is 3.02. The van der Waals surface area contributed by atoms with Crippen LogP contribution >= 0.6 is 15.9 Å². The molecule has 2 aromatic rings. The number of aryl methyl sites for hydroxylation is 2. The minimum absolute atomic E-state index is 0.151. The highest BCUT2D eigenvalue weighted by atomic mass is 79.9. The number of fused-ring (bicyclic) bond motifs is 1. The molecule has 20 heavy (non-hydrogen) atoms. The Bertz CT molecular complexity index is 682. The van der Waals surface area contributed by atoms with Gasteiger partial charge in [0.25, 0.3) is 5.91 Å². The van der Waals surface area contributed by atoms with E-state index in [9.17, 15) is 4.79 Å². The number of rotatable bonds is 2. The van der Waals surface area contributed by atoms with Gasteiger partial charge in [0.2, 0.25) is 0 Å². The molecule has 102 valence electrons. The van der Waals surface area contributed by atoms with Gasteiger partial charge in [-0.2, -0.15) is 0 Å². The predicted octanol–water partition coefficient (Wildman–Crippen LogP) is 3.77. The van der Waals surface area contributed by atoms with Crippen LogP contribution in [-0.2, 0) is 12.8 Å². The summed E-state index contributed by atoms with van der Waals surface area (Å²) in [5, 5.41) is 2.93. The summed E-state index contributed by atoms with van der Waals surface area (Å²) in [6.07, 6.45) is 3.44. The molecule has 0 spiro atoms. The number of nitrogen functional groups attached to an aromatic ring is 1. The lowest BCUT2D eigenvalue weighted by atomic mass is 10.1. The largest absolute Gasteiger partial charge is 0.398 e. The van der Waals surface area contributed by atoms with E-state index in [0.717, 1.165) is 18.5 Å². The number of carbonyl (C=O) groups excluding carboxylic acids is 1. The Hall–Kier alpha value is -1.81. The summed E-state index contributed by atoms with van der Waals surface area (Å²) in [6, 6.07) is 11.4. The van der Waals surface area contributed by atoms with Crippen LogP contribution in [0.25, 0.3) is 0 Å². The number of benzene rings is 2.